The lowest BCUT2D eigenvalue weighted by Gasteiger charge is -2.32. The molecule has 0 aliphatic carbocycles. The summed E-state index contributed by atoms with van der Waals surface area (Å²) in [5, 5.41) is 14.8. The number of aliphatic hydroxyl groups excluding tert-OH is 1. The number of fused-ring (bicyclic) bond motifs is 1. The molecule has 7 nitrogen and oxygen atoms in total. The van der Waals surface area contributed by atoms with Crippen LogP contribution in [0.4, 0.5) is 0 Å². The molecule has 1 aromatic rings. The Bertz CT molecular complexity index is 695. The van der Waals surface area contributed by atoms with Crippen LogP contribution in [0.3, 0.4) is 0 Å². The van der Waals surface area contributed by atoms with Crippen molar-refractivity contribution in [2.45, 2.75) is 8.42 Å². The smallest absolute Gasteiger partial charge is 0.247 e. The minimum atomic E-state index is -3.70. The van der Waals surface area contributed by atoms with Crippen molar-refractivity contribution in [1.29, 1.82) is 0 Å². The van der Waals surface area contributed by atoms with Crippen LogP contribution in [0.5, 0.6) is 0 Å². The summed E-state index contributed by atoms with van der Waals surface area (Å²) in [6, 6.07) is 1.57. The molecule has 3 heterocycles. The maximum atomic E-state index is 11.5. The molecule has 0 saturated carbocycles. The van der Waals surface area contributed by atoms with Gasteiger partial charge in [0.2, 0.25) is 10.0 Å². The van der Waals surface area contributed by atoms with Crippen LogP contribution in [0.1, 0.15) is 5.56 Å². The average molecular weight is 378 g/mol. The van der Waals surface area contributed by atoms with Crippen LogP contribution in [0.15, 0.2) is 20.2 Å². The van der Waals surface area contributed by atoms with Gasteiger partial charge in [0.1, 0.15) is 4.21 Å². The van der Waals surface area contributed by atoms with E-state index in [1.807, 2.05) is 10.4 Å². The van der Waals surface area contributed by atoms with E-state index in [2.05, 4.69) is 4.90 Å². The SMILES string of the molecule is NS(=O)(=O)c1cc2c(s1)SN(CCN1CCOCC1)C(CO)=C2. The van der Waals surface area contributed by atoms with Gasteiger partial charge in [-0.1, -0.05) is 0 Å². The molecular formula is C13H19N3O4S3. The molecule has 128 valence electrons. The molecule has 0 unspecified atom stereocenters. The molecule has 2 aliphatic rings. The van der Waals surface area contributed by atoms with Gasteiger partial charge >= 0.3 is 0 Å². The lowest BCUT2D eigenvalue weighted by atomic mass is 10.2. The molecule has 0 bridgehead atoms. The second kappa shape index (κ2) is 7.09. The standard InChI is InChI=1S/C13H19N3O4S3/c14-23(18,19)12-8-10-7-11(9-17)16(22-13(10)21-12)2-1-15-3-5-20-6-4-15/h7-8,17H,1-6,9H2,(H2,14,18,19). The van der Waals surface area contributed by atoms with Crippen LogP contribution in [0, 0.1) is 0 Å². The number of hydrogen-bond donors (Lipinski definition) is 2. The first-order valence-electron chi connectivity index (χ1n) is 7.21. The largest absolute Gasteiger partial charge is 0.390 e. The first-order chi connectivity index (χ1) is 11.0. The first kappa shape index (κ1) is 17.2. The van der Waals surface area contributed by atoms with Crippen molar-refractivity contribution in [2.24, 2.45) is 5.14 Å². The summed E-state index contributed by atoms with van der Waals surface area (Å²) in [5.41, 5.74) is 1.57. The molecule has 23 heavy (non-hydrogen) atoms. The Labute approximate surface area is 143 Å². The van der Waals surface area contributed by atoms with E-state index in [-0.39, 0.29) is 10.8 Å². The van der Waals surface area contributed by atoms with Gasteiger partial charge in [0.15, 0.2) is 0 Å². The van der Waals surface area contributed by atoms with Crippen molar-refractivity contribution in [3.05, 3.63) is 17.3 Å². The van der Waals surface area contributed by atoms with Crippen molar-refractivity contribution >= 4 is 39.4 Å². The Morgan fingerprint density at radius 2 is 2.04 bits per heavy atom. The summed E-state index contributed by atoms with van der Waals surface area (Å²) >= 11 is 2.63. The molecule has 10 heteroatoms. The molecule has 0 amide bonds. The van der Waals surface area contributed by atoms with Gasteiger partial charge in [-0.25, -0.2) is 13.6 Å². The van der Waals surface area contributed by atoms with Gasteiger partial charge < -0.3 is 14.1 Å². The summed E-state index contributed by atoms with van der Waals surface area (Å²) in [6.07, 6.45) is 1.83. The molecule has 2 aliphatic heterocycles. The fraction of sp³-hybridized carbons (Fsp3) is 0.538. The van der Waals surface area contributed by atoms with Gasteiger partial charge in [0.25, 0.3) is 0 Å². The van der Waals surface area contributed by atoms with Crippen molar-refractivity contribution in [1.82, 2.24) is 9.21 Å². The highest BCUT2D eigenvalue weighted by molar-refractivity contribution is 7.99. The molecule has 1 aromatic heterocycles. The summed E-state index contributed by atoms with van der Waals surface area (Å²) < 4.78 is 31.4. The predicted molar refractivity (Wildman–Crippen MR) is 90.6 cm³/mol. The van der Waals surface area contributed by atoms with Crippen molar-refractivity contribution < 1.29 is 18.3 Å². The topological polar surface area (TPSA) is 96.1 Å². The number of hydrogen-bond acceptors (Lipinski definition) is 8. The third kappa shape index (κ3) is 4.08. The molecular weight excluding hydrogens is 358 g/mol. The number of aliphatic hydroxyl groups is 1. The lowest BCUT2D eigenvalue weighted by molar-refractivity contribution is 0.0370. The number of morpholine rings is 1. The Hall–Kier alpha value is -0.620. The number of nitrogens with zero attached hydrogens (tertiary/aromatic N) is 2. The number of ether oxygens (including phenoxy) is 1. The number of nitrogens with two attached hydrogens (primary N) is 1. The molecule has 0 atom stereocenters. The van der Waals surface area contributed by atoms with Crippen LogP contribution >= 0.6 is 23.3 Å². The zero-order valence-corrected chi connectivity index (χ0v) is 14.9. The Morgan fingerprint density at radius 1 is 1.30 bits per heavy atom. The molecule has 0 aromatic carbocycles. The average Bonchev–Trinajstić information content (AvgIpc) is 2.96. The fourth-order valence-electron chi connectivity index (χ4n) is 2.46. The number of rotatable bonds is 5. The number of thiophene rings is 1. The second-order valence-corrected chi connectivity index (χ2v) is 9.42. The third-order valence-corrected chi connectivity index (χ3v) is 7.58. The maximum absolute atomic E-state index is 11.5. The highest BCUT2D eigenvalue weighted by Gasteiger charge is 2.24. The molecule has 1 fully saturated rings. The molecule has 1 saturated heterocycles. The molecule has 0 radical (unpaired) electrons. The minimum Gasteiger partial charge on any atom is -0.390 e. The van der Waals surface area contributed by atoms with Crippen molar-refractivity contribution in [3.63, 3.8) is 0 Å². The summed E-state index contributed by atoms with van der Waals surface area (Å²) in [5.74, 6) is 0. The van der Waals surface area contributed by atoms with E-state index in [4.69, 9.17) is 9.88 Å². The summed E-state index contributed by atoms with van der Waals surface area (Å²) in [6.45, 7) is 4.87. The van der Waals surface area contributed by atoms with Crippen molar-refractivity contribution in [3.8, 4) is 0 Å². The highest BCUT2D eigenvalue weighted by atomic mass is 32.3. The first-order valence-corrected chi connectivity index (χ1v) is 10.3. The van der Waals surface area contributed by atoms with E-state index in [0.717, 1.165) is 54.9 Å². The van der Waals surface area contributed by atoms with E-state index < -0.39 is 10.0 Å². The fourth-order valence-corrected chi connectivity index (χ4v) is 5.74. The van der Waals surface area contributed by atoms with Crippen LogP contribution in [0.2, 0.25) is 0 Å². The third-order valence-electron chi connectivity index (χ3n) is 3.70. The van der Waals surface area contributed by atoms with Crippen LogP contribution in [-0.2, 0) is 14.8 Å². The highest BCUT2D eigenvalue weighted by Crippen LogP contribution is 2.42. The van der Waals surface area contributed by atoms with E-state index in [1.165, 1.54) is 23.3 Å². The summed E-state index contributed by atoms with van der Waals surface area (Å²) in [4.78, 5) is 2.32. The van der Waals surface area contributed by atoms with Gasteiger partial charge in [-0.15, -0.1) is 11.3 Å². The predicted octanol–water partition coefficient (Wildman–Crippen LogP) is 0.384. The van der Waals surface area contributed by atoms with Gasteiger partial charge in [0, 0.05) is 31.7 Å². The van der Waals surface area contributed by atoms with Gasteiger partial charge in [-0.05, 0) is 24.1 Å². The normalized spacial score (nSPS) is 19.6. The number of primary sulfonamides is 1. The van der Waals surface area contributed by atoms with Crippen molar-refractivity contribution in [2.75, 3.05) is 46.0 Å². The molecule has 3 rings (SSSR count). The quantitative estimate of drug-likeness (QED) is 0.716. The summed E-state index contributed by atoms with van der Waals surface area (Å²) in [7, 11) is -3.70. The number of sulfonamides is 1. The maximum Gasteiger partial charge on any atom is 0.247 e. The van der Waals surface area contributed by atoms with Gasteiger partial charge in [-0.2, -0.15) is 0 Å². The van der Waals surface area contributed by atoms with E-state index >= 15 is 0 Å². The monoisotopic (exact) mass is 377 g/mol. The van der Waals surface area contributed by atoms with E-state index in [0.29, 0.717) is 0 Å². The Kier molecular flexibility index (Phi) is 5.31. The molecule has 3 N–H and O–H groups in total. The van der Waals surface area contributed by atoms with Gasteiger partial charge in [-0.3, -0.25) is 4.90 Å². The lowest BCUT2D eigenvalue weighted by Crippen LogP contribution is -2.40. The van der Waals surface area contributed by atoms with Crippen LogP contribution < -0.4 is 5.14 Å². The van der Waals surface area contributed by atoms with E-state index in [9.17, 15) is 13.5 Å². The zero-order chi connectivity index (χ0) is 16.4. The van der Waals surface area contributed by atoms with Gasteiger partial charge in [0.05, 0.1) is 29.7 Å². The Morgan fingerprint density at radius 3 is 2.70 bits per heavy atom. The van der Waals surface area contributed by atoms with E-state index in [1.54, 1.807) is 6.07 Å². The Balaban J connectivity index is 1.72. The second-order valence-electron chi connectivity index (χ2n) is 5.29. The molecule has 0 spiro atoms. The van der Waals surface area contributed by atoms with Crippen LogP contribution in [-0.4, -0.2) is 68.7 Å². The van der Waals surface area contributed by atoms with Crippen LogP contribution in [0.25, 0.3) is 6.08 Å². The minimum absolute atomic E-state index is 0.0872. The zero-order valence-electron chi connectivity index (χ0n) is 12.5.